The van der Waals surface area contributed by atoms with E-state index in [0.717, 1.165) is 15.6 Å². The normalized spacial score (nSPS) is 10.7. The van der Waals surface area contributed by atoms with Gasteiger partial charge in [-0.1, -0.05) is 11.6 Å². The minimum atomic E-state index is -0.398. The van der Waals surface area contributed by atoms with E-state index in [2.05, 4.69) is 26.5 Å². The second-order valence-corrected chi connectivity index (χ2v) is 6.81. The van der Waals surface area contributed by atoms with Crippen molar-refractivity contribution in [1.82, 2.24) is 5.43 Å². The van der Waals surface area contributed by atoms with Crippen LogP contribution in [0.25, 0.3) is 0 Å². The van der Waals surface area contributed by atoms with Crippen LogP contribution in [0.2, 0.25) is 5.02 Å². The molecular formula is C19H20BrClN2O4. The van der Waals surface area contributed by atoms with Crippen molar-refractivity contribution in [3.63, 3.8) is 0 Å². The summed E-state index contributed by atoms with van der Waals surface area (Å²) in [6.45, 7) is 3.56. The topological polar surface area (TPSA) is 69.2 Å². The minimum Gasteiger partial charge on any atom is -0.497 e. The summed E-state index contributed by atoms with van der Waals surface area (Å²) < 4.78 is 16.7. The van der Waals surface area contributed by atoms with Gasteiger partial charge < -0.3 is 14.2 Å². The van der Waals surface area contributed by atoms with Crippen LogP contribution >= 0.6 is 27.5 Å². The molecule has 144 valence electrons. The summed E-state index contributed by atoms with van der Waals surface area (Å²) in [7, 11) is 3.12. The second kappa shape index (κ2) is 9.62. The first-order valence-corrected chi connectivity index (χ1v) is 9.16. The Bertz CT molecular complexity index is 871. The lowest BCUT2D eigenvalue weighted by molar-refractivity contribution is -0.123. The van der Waals surface area contributed by atoms with Gasteiger partial charge >= 0.3 is 0 Å². The molecular weight excluding hydrogens is 436 g/mol. The van der Waals surface area contributed by atoms with Gasteiger partial charge in [-0.25, -0.2) is 5.43 Å². The van der Waals surface area contributed by atoms with E-state index in [-0.39, 0.29) is 6.61 Å². The molecule has 0 aromatic heterocycles. The average molecular weight is 456 g/mol. The van der Waals surface area contributed by atoms with E-state index in [9.17, 15) is 4.79 Å². The molecule has 0 atom stereocenters. The third kappa shape index (κ3) is 5.37. The van der Waals surface area contributed by atoms with Crippen LogP contribution < -0.4 is 19.6 Å². The van der Waals surface area contributed by atoms with Crippen LogP contribution in [0.5, 0.6) is 17.2 Å². The molecule has 1 N–H and O–H groups in total. The van der Waals surface area contributed by atoms with Crippen LogP contribution in [0.3, 0.4) is 0 Å². The maximum Gasteiger partial charge on any atom is 0.277 e. The first-order chi connectivity index (χ1) is 12.9. The fourth-order valence-electron chi connectivity index (χ4n) is 2.29. The van der Waals surface area contributed by atoms with Gasteiger partial charge in [-0.2, -0.15) is 5.10 Å². The molecule has 27 heavy (non-hydrogen) atoms. The third-order valence-electron chi connectivity index (χ3n) is 3.76. The van der Waals surface area contributed by atoms with Gasteiger partial charge in [0.2, 0.25) is 0 Å². The van der Waals surface area contributed by atoms with Crippen LogP contribution in [-0.4, -0.2) is 32.9 Å². The van der Waals surface area contributed by atoms with Crippen LogP contribution in [0.4, 0.5) is 0 Å². The quantitative estimate of drug-likeness (QED) is 0.500. The molecule has 0 aliphatic rings. The number of carbonyl (C=O) groups excluding carboxylic acids is 1. The maximum absolute atomic E-state index is 12.0. The number of hydrogen-bond acceptors (Lipinski definition) is 5. The zero-order valence-electron chi connectivity index (χ0n) is 15.4. The molecule has 0 saturated heterocycles. The van der Waals surface area contributed by atoms with E-state index < -0.39 is 5.91 Å². The smallest absolute Gasteiger partial charge is 0.277 e. The summed E-state index contributed by atoms with van der Waals surface area (Å²) >= 11 is 9.62. The molecule has 6 nitrogen and oxygen atoms in total. The maximum atomic E-state index is 12.0. The van der Waals surface area contributed by atoms with Crippen molar-refractivity contribution < 1.29 is 19.0 Å². The fraction of sp³-hybridized carbons (Fsp3) is 0.263. The summed E-state index contributed by atoms with van der Waals surface area (Å²) in [5.74, 6) is 1.42. The molecule has 2 aromatic carbocycles. The molecule has 2 aromatic rings. The first-order valence-electron chi connectivity index (χ1n) is 7.99. The lowest BCUT2D eigenvalue weighted by atomic mass is 10.1. The van der Waals surface area contributed by atoms with E-state index in [0.29, 0.717) is 27.8 Å². The Balaban J connectivity index is 1.98. The number of halogens is 2. The molecule has 0 radical (unpaired) electrons. The van der Waals surface area contributed by atoms with Crippen LogP contribution in [-0.2, 0) is 4.79 Å². The van der Waals surface area contributed by atoms with Crippen molar-refractivity contribution in [2.24, 2.45) is 5.10 Å². The van der Waals surface area contributed by atoms with Crippen molar-refractivity contribution in [3.8, 4) is 17.2 Å². The number of amides is 1. The zero-order valence-corrected chi connectivity index (χ0v) is 17.8. The minimum absolute atomic E-state index is 0.189. The Labute approximate surface area is 171 Å². The van der Waals surface area contributed by atoms with Crippen LogP contribution in [0.15, 0.2) is 33.8 Å². The Kier molecular flexibility index (Phi) is 7.50. The molecule has 0 bridgehead atoms. The van der Waals surface area contributed by atoms with E-state index >= 15 is 0 Å². The second-order valence-electron chi connectivity index (χ2n) is 5.63. The molecule has 0 aliphatic heterocycles. The standard InChI is InChI=1S/C19H20BrClN2O4/c1-11-7-16(18(20)12(2)19(11)21)27-10-17(24)23-22-9-13-8-14(25-3)5-6-15(13)26-4/h5-9H,10H2,1-4H3,(H,23,24)/b22-9+. The number of hydrogen-bond donors (Lipinski definition) is 1. The summed E-state index contributed by atoms with van der Waals surface area (Å²) in [4.78, 5) is 12.0. The van der Waals surface area contributed by atoms with Crippen molar-refractivity contribution in [2.75, 3.05) is 20.8 Å². The Morgan fingerprint density at radius 1 is 1.22 bits per heavy atom. The number of benzene rings is 2. The summed E-state index contributed by atoms with van der Waals surface area (Å²) in [5.41, 5.74) is 4.82. The van der Waals surface area contributed by atoms with E-state index in [4.69, 9.17) is 25.8 Å². The molecule has 0 fully saturated rings. The number of aryl methyl sites for hydroxylation is 1. The zero-order chi connectivity index (χ0) is 20.0. The lowest BCUT2D eigenvalue weighted by Gasteiger charge is -2.12. The summed E-state index contributed by atoms with van der Waals surface area (Å²) in [5, 5.41) is 4.60. The number of rotatable bonds is 7. The van der Waals surface area contributed by atoms with Gasteiger partial charge in [0.25, 0.3) is 5.91 Å². The summed E-state index contributed by atoms with van der Waals surface area (Å²) in [6, 6.07) is 7.06. The number of nitrogens with zero attached hydrogens (tertiary/aromatic N) is 1. The number of methoxy groups -OCH3 is 2. The van der Waals surface area contributed by atoms with Crippen molar-refractivity contribution >= 4 is 39.7 Å². The van der Waals surface area contributed by atoms with E-state index in [1.165, 1.54) is 6.21 Å². The lowest BCUT2D eigenvalue weighted by Crippen LogP contribution is -2.24. The van der Waals surface area contributed by atoms with Crippen LogP contribution in [0.1, 0.15) is 16.7 Å². The number of nitrogens with one attached hydrogen (secondary N) is 1. The highest BCUT2D eigenvalue weighted by Gasteiger charge is 2.12. The van der Waals surface area contributed by atoms with Gasteiger partial charge in [-0.15, -0.1) is 0 Å². The number of ether oxygens (including phenoxy) is 3. The van der Waals surface area contributed by atoms with Crippen molar-refractivity contribution in [1.29, 1.82) is 0 Å². The highest BCUT2D eigenvalue weighted by molar-refractivity contribution is 9.10. The highest BCUT2D eigenvalue weighted by atomic mass is 79.9. The van der Waals surface area contributed by atoms with Gasteiger partial charge in [-0.05, 0) is 65.2 Å². The predicted octanol–water partition coefficient (Wildman–Crippen LogP) is 4.27. The molecule has 2 rings (SSSR count). The number of carbonyl (C=O) groups is 1. The Morgan fingerprint density at radius 3 is 2.63 bits per heavy atom. The molecule has 0 saturated carbocycles. The monoisotopic (exact) mass is 454 g/mol. The largest absolute Gasteiger partial charge is 0.497 e. The Hall–Kier alpha value is -2.25. The predicted molar refractivity (Wildman–Crippen MR) is 109 cm³/mol. The Morgan fingerprint density at radius 2 is 1.96 bits per heavy atom. The third-order valence-corrected chi connectivity index (χ3v) is 5.32. The van der Waals surface area contributed by atoms with Gasteiger partial charge in [0.05, 0.1) is 24.9 Å². The molecule has 0 unspecified atom stereocenters. The van der Waals surface area contributed by atoms with Crippen molar-refractivity contribution in [3.05, 3.63) is 50.5 Å². The molecule has 0 spiro atoms. The molecule has 8 heteroatoms. The van der Waals surface area contributed by atoms with E-state index in [1.807, 2.05) is 13.8 Å². The SMILES string of the molecule is COc1ccc(OC)c(/C=N/NC(=O)COc2cc(C)c(Cl)c(C)c2Br)c1. The van der Waals surface area contributed by atoms with Crippen LogP contribution in [0, 0.1) is 13.8 Å². The average Bonchev–Trinajstić information content (AvgIpc) is 2.67. The first kappa shape index (κ1) is 21.1. The molecule has 0 aliphatic carbocycles. The van der Waals surface area contributed by atoms with Gasteiger partial charge in [0, 0.05) is 10.6 Å². The van der Waals surface area contributed by atoms with Crippen molar-refractivity contribution in [2.45, 2.75) is 13.8 Å². The highest BCUT2D eigenvalue weighted by Crippen LogP contribution is 2.35. The fourth-order valence-corrected chi connectivity index (χ4v) is 2.99. The number of hydrazone groups is 1. The van der Waals surface area contributed by atoms with E-state index in [1.54, 1.807) is 38.5 Å². The van der Waals surface area contributed by atoms with Gasteiger partial charge in [0.1, 0.15) is 17.2 Å². The molecule has 1 amide bonds. The van der Waals surface area contributed by atoms with Gasteiger partial charge in [-0.3, -0.25) is 4.79 Å². The molecule has 0 heterocycles. The summed E-state index contributed by atoms with van der Waals surface area (Å²) in [6.07, 6.45) is 1.48. The van der Waals surface area contributed by atoms with Gasteiger partial charge in [0.15, 0.2) is 6.61 Å².